The molecule has 0 saturated carbocycles. The van der Waals surface area contributed by atoms with Crippen LogP contribution in [0.4, 0.5) is 0 Å². The first kappa shape index (κ1) is 13.8. The lowest BCUT2D eigenvalue weighted by molar-refractivity contribution is -0.129. The van der Waals surface area contributed by atoms with Gasteiger partial charge in [0, 0.05) is 11.9 Å². The second kappa shape index (κ2) is 6.10. The topological polar surface area (TPSA) is 20.3 Å². The van der Waals surface area contributed by atoms with Gasteiger partial charge in [-0.2, -0.15) is 0 Å². The molecule has 0 unspecified atom stereocenters. The average Bonchev–Trinajstić information content (AvgIpc) is 3.00. The number of thiophene rings is 1. The number of hydrogen-bond donors (Lipinski definition) is 0. The molecule has 0 bridgehead atoms. The molecule has 0 spiro atoms. The van der Waals surface area contributed by atoms with Gasteiger partial charge >= 0.3 is 0 Å². The van der Waals surface area contributed by atoms with Crippen molar-refractivity contribution in [1.29, 1.82) is 0 Å². The molecule has 3 aromatic rings. The highest BCUT2D eigenvalue weighted by Crippen LogP contribution is 2.17. The molecule has 0 saturated heterocycles. The van der Waals surface area contributed by atoms with Gasteiger partial charge in [-0.3, -0.25) is 4.79 Å². The zero-order chi connectivity index (χ0) is 14.7. The minimum absolute atomic E-state index is 0.152. The Bertz CT molecular complexity index is 749. The normalized spacial score (nSPS) is 10.7. The molecule has 1 heterocycles. The quantitative estimate of drug-likeness (QED) is 0.709. The SMILES string of the molecule is CN(Cc1cccs1)C(=O)Cc1ccc2ccccc2c1. The van der Waals surface area contributed by atoms with E-state index in [-0.39, 0.29) is 5.91 Å². The van der Waals surface area contributed by atoms with Crippen molar-refractivity contribution in [3.05, 3.63) is 70.4 Å². The van der Waals surface area contributed by atoms with Crippen LogP contribution in [0.3, 0.4) is 0 Å². The number of rotatable bonds is 4. The third-order valence-electron chi connectivity index (χ3n) is 3.57. The minimum Gasteiger partial charge on any atom is -0.340 e. The second-order valence-electron chi connectivity index (χ2n) is 5.19. The molecule has 2 aromatic carbocycles. The molecule has 2 nitrogen and oxygen atoms in total. The zero-order valence-electron chi connectivity index (χ0n) is 12.0. The summed E-state index contributed by atoms with van der Waals surface area (Å²) in [6.45, 7) is 0.685. The van der Waals surface area contributed by atoms with Gasteiger partial charge in [0.15, 0.2) is 0 Å². The zero-order valence-corrected chi connectivity index (χ0v) is 12.8. The summed E-state index contributed by atoms with van der Waals surface area (Å²) in [5.74, 6) is 0.152. The molecule has 21 heavy (non-hydrogen) atoms. The van der Waals surface area contributed by atoms with E-state index >= 15 is 0 Å². The molecule has 1 aromatic heterocycles. The van der Waals surface area contributed by atoms with Crippen molar-refractivity contribution in [3.8, 4) is 0 Å². The molecule has 3 rings (SSSR count). The largest absolute Gasteiger partial charge is 0.340 e. The molecule has 0 atom stereocenters. The Kier molecular flexibility index (Phi) is 4.02. The molecule has 0 aliphatic heterocycles. The number of benzene rings is 2. The third kappa shape index (κ3) is 3.31. The van der Waals surface area contributed by atoms with E-state index in [1.54, 1.807) is 16.2 Å². The molecule has 3 heteroatoms. The fourth-order valence-corrected chi connectivity index (χ4v) is 3.14. The average molecular weight is 295 g/mol. The monoisotopic (exact) mass is 295 g/mol. The van der Waals surface area contributed by atoms with Crippen molar-refractivity contribution < 1.29 is 4.79 Å². The maximum atomic E-state index is 12.3. The van der Waals surface area contributed by atoms with Crippen LogP contribution in [0.2, 0.25) is 0 Å². The number of fused-ring (bicyclic) bond motifs is 1. The Morgan fingerprint density at radius 1 is 1.05 bits per heavy atom. The number of hydrogen-bond acceptors (Lipinski definition) is 2. The highest BCUT2D eigenvalue weighted by Gasteiger charge is 2.11. The van der Waals surface area contributed by atoms with Gasteiger partial charge in [-0.15, -0.1) is 11.3 Å². The van der Waals surface area contributed by atoms with Crippen LogP contribution in [0.15, 0.2) is 60.0 Å². The van der Waals surface area contributed by atoms with Gasteiger partial charge in [0.2, 0.25) is 5.91 Å². The summed E-state index contributed by atoms with van der Waals surface area (Å²) in [5, 5.41) is 4.43. The van der Waals surface area contributed by atoms with Crippen molar-refractivity contribution >= 4 is 28.0 Å². The van der Waals surface area contributed by atoms with Gasteiger partial charge in [-0.05, 0) is 27.8 Å². The van der Waals surface area contributed by atoms with Crippen LogP contribution < -0.4 is 0 Å². The van der Waals surface area contributed by atoms with Crippen LogP contribution in [0, 0.1) is 0 Å². The number of likely N-dealkylation sites (N-methyl/N-ethyl adjacent to an activating group) is 1. The molecular formula is C18H17NOS. The molecule has 0 N–H and O–H groups in total. The molecule has 0 aliphatic rings. The lowest BCUT2D eigenvalue weighted by Gasteiger charge is -2.16. The number of nitrogens with zero attached hydrogens (tertiary/aromatic N) is 1. The van der Waals surface area contributed by atoms with Gasteiger partial charge in [0.1, 0.15) is 0 Å². The van der Waals surface area contributed by atoms with Crippen LogP contribution >= 0.6 is 11.3 Å². The smallest absolute Gasteiger partial charge is 0.227 e. The molecule has 1 amide bonds. The molecule has 0 radical (unpaired) electrons. The molecule has 0 aliphatic carbocycles. The van der Waals surface area contributed by atoms with Gasteiger partial charge in [-0.25, -0.2) is 0 Å². The summed E-state index contributed by atoms with van der Waals surface area (Å²) in [6, 6.07) is 18.5. The van der Waals surface area contributed by atoms with E-state index in [9.17, 15) is 4.79 Å². The van der Waals surface area contributed by atoms with Crippen molar-refractivity contribution in [3.63, 3.8) is 0 Å². The second-order valence-corrected chi connectivity index (χ2v) is 6.22. The Morgan fingerprint density at radius 2 is 1.86 bits per heavy atom. The number of carbonyl (C=O) groups excluding carboxylic acids is 1. The Hall–Kier alpha value is -2.13. The van der Waals surface area contributed by atoms with E-state index < -0.39 is 0 Å². The first-order valence-electron chi connectivity index (χ1n) is 6.96. The Labute approximate surface area is 128 Å². The van der Waals surface area contributed by atoms with Crippen LogP contribution in [0.5, 0.6) is 0 Å². The fourth-order valence-electron chi connectivity index (χ4n) is 2.38. The minimum atomic E-state index is 0.152. The standard InChI is InChI=1S/C18H17NOS/c1-19(13-17-7-4-10-21-17)18(20)12-14-8-9-15-5-2-3-6-16(15)11-14/h2-11H,12-13H2,1H3. The predicted octanol–water partition coefficient (Wildman–Crippen LogP) is 4.10. The van der Waals surface area contributed by atoms with Crippen LogP contribution in [0.1, 0.15) is 10.4 Å². The van der Waals surface area contributed by atoms with Crippen molar-refractivity contribution in [1.82, 2.24) is 4.90 Å². The van der Waals surface area contributed by atoms with E-state index in [2.05, 4.69) is 30.3 Å². The van der Waals surface area contributed by atoms with Gasteiger partial charge in [0.25, 0.3) is 0 Å². The highest BCUT2D eigenvalue weighted by atomic mass is 32.1. The summed E-state index contributed by atoms with van der Waals surface area (Å²) in [4.78, 5) is 15.3. The first-order valence-corrected chi connectivity index (χ1v) is 7.84. The van der Waals surface area contributed by atoms with Crippen molar-refractivity contribution in [2.75, 3.05) is 7.05 Å². The summed E-state index contributed by atoms with van der Waals surface area (Å²) in [7, 11) is 1.86. The Morgan fingerprint density at radius 3 is 2.62 bits per heavy atom. The van der Waals surface area contributed by atoms with Gasteiger partial charge in [0.05, 0.1) is 13.0 Å². The number of amides is 1. The van der Waals surface area contributed by atoms with Gasteiger partial charge in [-0.1, -0.05) is 48.5 Å². The lowest BCUT2D eigenvalue weighted by Crippen LogP contribution is -2.27. The van der Waals surface area contributed by atoms with Crippen LogP contribution in [0.25, 0.3) is 10.8 Å². The molecular weight excluding hydrogens is 278 g/mol. The van der Waals surface area contributed by atoms with E-state index in [1.165, 1.54) is 15.6 Å². The van der Waals surface area contributed by atoms with Crippen molar-refractivity contribution in [2.24, 2.45) is 0 Å². The molecule has 106 valence electrons. The maximum absolute atomic E-state index is 12.3. The van der Waals surface area contributed by atoms with E-state index in [0.717, 1.165) is 5.56 Å². The summed E-state index contributed by atoms with van der Waals surface area (Å²) in [5.41, 5.74) is 1.07. The highest BCUT2D eigenvalue weighted by molar-refractivity contribution is 7.09. The summed E-state index contributed by atoms with van der Waals surface area (Å²) < 4.78 is 0. The van der Waals surface area contributed by atoms with Crippen LogP contribution in [-0.4, -0.2) is 17.9 Å². The number of carbonyl (C=O) groups is 1. The van der Waals surface area contributed by atoms with E-state index in [0.29, 0.717) is 13.0 Å². The fraction of sp³-hybridized carbons (Fsp3) is 0.167. The van der Waals surface area contributed by atoms with Crippen LogP contribution in [-0.2, 0) is 17.8 Å². The molecule has 0 fully saturated rings. The summed E-state index contributed by atoms with van der Waals surface area (Å²) >= 11 is 1.68. The van der Waals surface area contributed by atoms with E-state index in [1.807, 2.05) is 36.7 Å². The maximum Gasteiger partial charge on any atom is 0.227 e. The van der Waals surface area contributed by atoms with Gasteiger partial charge < -0.3 is 4.90 Å². The lowest BCUT2D eigenvalue weighted by atomic mass is 10.0. The van der Waals surface area contributed by atoms with Crippen molar-refractivity contribution in [2.45, 2.75) is 13.0 Å². The van der Waals surface area contributed by atoms with E-state index in [4.69, 9.17) is 0 Å². The third-order valence-corrected chi connectivity index (χ3v) is 4.43. The first-order chi connectivity index (χ1) is 10.2. The summed E-state index contributed by atoms with van der Waals surface area (Å²) in [6.07, 6.45) is 0.451. The predicted molar refractivity (Wildman–Crippen MR) is 88.4 cm³/mol. The Balaban J connectivity index is 1.70.